The first-order valence-corrected chi connectivity index (χ1v) is 15.9. The molecule has 1 saturated carbocycles. The van der Waals surface area contributed by atoms with E-state index in [1.807, 2.05) is 18.2 Å². The minimum Gasteiger partial charge on any atom is -0.352 e. The van der Waals surface area contributed by atoms with E-state index >= 15 is 0 Å². The number of nitrogens with one attached hydrogen (secondary N) is 1. The summed E-state index contributed by atoms with van der Waals surface area (Å²) >= 11 is 6.22. The van der Waals surface area contributed by atoms with Gasteiger partial charge in [0.15, 0.2) is 0 Å². The van der Waals surface area contributed by atoms with Crippen molar-refractivity contribution in [2.75, 3.05) is 10.8 Å². The van der Waals surface area contributed by atoms with Crippen LogP contribution in [0.15, 0.2) is 83.8 Å². The maximum absolute atomic E-state index is 14.1. The molecule has 1 aliphatic rings. The molecule has 7 nitrogen and oxygen atoms in total. The normalized spacial score (nSPS) is 14.6. The molecule has 3 aromatic rings. The van der Waals surface area contributed by atoms with Crippen LogP contribution < -0.4 is 9.62 Å². The Morgan fingerprint density at radius 1 is 0.927 bits per heavy atom. The molecule has 1 atom stereocenters. The van der Waals surface area contributed by atoms with Crippen LogP contribution in [0.1, 0.15) is 63.5 Å². The molecule has 41 heavy (non-hydrogen) atoms. The zero-order chi connectivity index (χ0) is 29.6. The van der Waals surface area contributed by atoms with Crippen molar-refractivity contribution in [3.05, 3.63) is 95.0 Å². The Balaban J connectivity index is 1.68. The highest BCUT2D eigenvalue weighted by Gasteiger charge is 2.33. The van der Waals surface area contributed by atoms with Gasteiger partial charge in [-0.15, -0.1) is 0 Å². The fourth-order valence-electron chi connectivity index (χ4n) is 5.08. The first-order valence-electron chi connectivity index (χ1n) is 14.1. The summed E-state index contributed by atoms with van der Waals surface area (Å²) in [6, 6.07) is 21.6. The second-order valence-corrected chi connectivity index (χ2v) is 13.2. The second kappa shape index (κ2) is 13.5. The molecular weight excluding hydrogens is 558 g/mol. The summed E-state index contributed by atoms with van der Waals surface area (Å²) < 4.78 is 28.9. The highest BCUT2D eigenvalue weighted by molar-refractivity contribution is 7.92. The van der Waals surface area contributed by atoms with Crippen LogP contribution in [-0.4, -0.2) is 43.8 Å². The van der Waals surface area contributed by atoms with Crippen LogP contribution in [-0.2, 0) is 26.2 Å². The minimum absolute atomic E-state index is 0.0779. The third-order valence-electron chi connectivity index (χ3n) is 7.57. The zero-order valence-electron chi connectivity index (χ0n) is 23.8. The first kappa shape index (κ1) is 30.6. The monoisotopic (exact) mass is 595 g/mol. The Morgan fingerprint density at radius 3 is 2.20 bits per heavy atom. The fourth-order valence-corrected chi connectivity index (χ4v) is 6.73. The van der Waals surface area contributed by atoms with Gasteiger partial charge in [-0.05, 0) is 73.2 Å². The van der Waals surface area contributed by atoms with Crippen molar-refractivity contribution in [1.82, 2.24) is 10.2 Å². The van der Waals surface area contributed by atoms with E-state index in [0.717, 1.165) is 41.1 Å². The maximum atomic E-state index is 14.1. The number of anilines is 1. The van der Waals surface area contributed by atoms with Crippen LogP contribution in [0.4, 0.5) is 5.69 Å². The van der Waals surface area contributed by atoms with Crippen molar-refractivity contribution in [1.29, 1.82) is 0 Å². The van der Waals surface area contributed by atoms with Crippen LogP contribution in [0.2, 0.25) is 5.02 Å². The van der Waals surface area contributed by atoms with Crippen molar-refractivity contribution in [3.8, 4) is 0 Å². The van der Waals surface area contributed by atoms with Crippen molar-refractivity contribution < 1.29 is 18.0 Å². The summed E-state index contributed by atoms with van der Waals surface area (Å²) in [4.78, 5) is 28.9. The SMILES string of the molecule is CC(C)c1ccc(N(CC(=O)N(Cc2cccc(Cl)c2)C(C)C(=O)NC2CCCC2)S(=O)(=O)c2ccccc2)cc1. The molecule has 218 valence electrons. The molecule has 3 aromatic carbocycles. The topological polar surface area (TPSA) is 86.8 Å². The summed E-state index contributed by atoms with van der Waals surface area (Å²) in [7, 11) is -4.10. The average molecular weight is 596 g/mol. The molecule has 4 rings (SSSR count). The summed E-state index contributed by atoms with van der Waals surface area (Å²) in [5.41, 5.74) is 2.17. The van der Waals surface area contributed by atoms with E-state index in [2.05, 4.69) is 19.2 Å². The fraction of sp³-hybridized carbons (Fsp3) is 0.375. The van der Waals surface area contributed by atoms with Gasteiger partial charge in [0.05, 0.1) is 10.6 Å². The van der Waals surface area contributed by atoms with Gasteiger partial charge in [-0.1, -0.05) is 80.8 Å². The number of benzene rings is 3. The molecule has 0 heterocycles. The van der Waals surface area contributed by atoms with Crippen molar-refractivity contribution in [2.45, 2.75) is 75.9 Å². The van der Waals surface area contributed by atoms with Crippen LogP contribution in [0.25, 0.3) is 0 Å². The predicted octanol–water partition coefficient (Wildman–Crippen LogP) is 6.13. The molecule has 0 aliphatic heterocycles. The Hall–Kier alpha value is -3.36. The smallest absolute Gasteiger partial charge is 0.264 e. The second-order valence-electron chi connectivity index (χ2n) is 10.9. The average Bonchev–Trinajstić information content (AvgIpc) is 3.47. The van der Waals surface area contributed by atoms with E-state index in [0.29, 0.717) is 10.7 Å². The summed E-state index contributed by atoms with van der Waals surface area (Å²) in [6.45, 7) is 5.43. The lowest BCUT2D eigenvalue weighted by Crippen LogP contribution is -2.52. The highest BCUT2D eigenvalue weighted by Crippen LogP contribution is 2.27. The van der Waals surface area contributed by atoms with Crippen molar-refractivity contribution in [3.63, 3.8) is 0 Å². The Bertz CT molecular complexity index is 1440. The quantitative estimate of drug-likeness (QED) is 0.289. The van der Waals surface area contributed by atoms with E-state index in [-0.39, 0.29) is 29.3 Å². The number of halogens is 1. The lowest BCUT2D eigenvalue weighted by Gasteiger charge is -2.32. The maximum Gasteiger partial charge on any atom is 0.264 e. The molecular formula is C32H38ClN3O4S. The summed E-state index contributed by atoms with van der Waals surface area (Å²) in [6.07, 6.45) is 3.95. The minimum atomic E-state index is -4.10. The van der Waals surface area contributed by atoms with Crippen LogP contribution in [0.3, 0.4) is 0 Å². The van der Waals surface area contributed by atoms with E-state index in [1.54, 1.807) is 55.5 Å². The highest BCUT2D eigenvalue weighted by atomic mass is 35.5. The number of sulfonamides is 1. The van der Waals surface area contributed by atoms with Gasteiger partial charge >= 0.3 is 0 Å². The van der Waals surface area contributed by atoms with Gasteiger partial charge in [0, 0.05) is 17.6 Å². The number of hydrogen-bond donors (Lipinski definition) is 1. The van der Waals surface area contributed by atoms with E-state index in [9.17, 15) is 18.0 Å². The Morgan fingerprint density at radius 2 is 1.59 bits per heavy atom. The van der Waals surface area contributed by atoms with Gasteiger partial charge in [-0.3, -0.25) is 13.9 Å². The van der Waals surface area contributed by atoms with E-state index in [1.165, 1.54) is 17.0 Å². The number of amides is 2. The lowest BCUT2D eigenvalue weighted by atomic mass is 10.0. The van der Waals surface area contributed by atoms with Gasteiger partial charge in [-0.2, -0.15) is 0 Å². The largest absolute Gasteiger partial charge is 0.352 e. The molecule has 9 heteroatoms. The van der Waals surface area contributed by atoms with Gasteiger partial charge < -0.3 is 10.2 Å². The number of nitrogens with zero attached hydrogens (tertiary/aromatic N) is 2. The van der Waals surface area contributed by atoms with Gasteiger partial charge in [-0.25, -0.2) is 8.42 Å². The van der Waals surface area contributed by atoms with Crippen LogP contribution >= 0.6 is 11.6 Å². The van der Waals surface area contributed by atoms with Gasteiger partial charge in [0.1, 0.15) is 12.6 Å². The molecule has 1 unspecified atom stereocenters. The number of carbonyl (C=O) groups excluding carboxylic acids is 2. The third kappa shape index (κ3) is 7.68. The Kier molecular flexibility index (Phi) is 10.1. The number of rotatable bonds is 11. The molecule has 0 spiro atoms. The molecule has 1 N–H and O–H groups in total. The van der Waals surface area contributed by atoms with Crippen LogP contribution in [0.5, 0.6) is 0 Å². The first-order chi connectivity index (χ1) is 19.6. The van der Waals surface area contributed by atoms with E-state index in [4.69, 9.17) is 11.6 Å². The van der Waals surface area contributed by atoms with Crippen LogP contribution in [0, 0.1) is 0 Å². The molecule has 0 aromatic heterocycles. The lowest BCUT2D eigenvalue weighted by molar-refractivity contribution is -0.139. The molecule has 1 fully saturated rings. The molecule has 2 amide bonds. The Labute approximate surface area is 248 Å². The van der Waals surface area contributed by atoms with Crippen molar-refractivity contribution >= 4 is 39.1 Å². The summed E-state index contributed by atoms with van der Waals surface area (Å²) in [5, 5.41) is 3.59. The summed E-state index contributed by atoms with van der Waals surface area (Å²) in [5.74, 6) is -0.491. The number of hydrogen-bond acceptors (Lipinski definition) is 4. The molecule has 0 saturated heterocycles. The predicted molar refractivity (Wildman–Crippen MR) is 163 cm³/mol. The van der Waals surface area contributed by atoms with E-state index < -0.39 is 28.5 Å². The van der Waals surface area contributed by atoms with Gasteiger partial charge in [0.2, 0.25) is 11.8 Å². The standard InChI is InChI=1S/C32H38ClN3O4S/c1-23(2)26-16-18-29(19-17-26)36(41(39,40)30-14-5-4-6-15-30)22-31(37)35(21-25-10-9-11-27(33)20-25)24(3)32(38)34-28-12-7-8-13-28/h4-6,9-11,14-20,23-24,28H,7-8,12-13,21-22H2,1-3H3,(H,34,38). The molecule has 0 radical (unpaired) electrons. The van der Waals surface area contributed by atoms with Crippen molar-refractivity contribution in [2.24, 2.45) is 0 Å². The number of carbonyl (C=O) groups is 2. The van der Waals surface area contributed by atoms with Gasteiger partial charge in [0.25, 0.3) is 10.0 Å². The molecule has 0 bridgehead atoms. The molecule has 1 aliphatic carbocycles. The third-order valence-corrected chi connectivity index (χ3v) is 9.59. The zero-order valence-corrected chi connectivity index (χ0v) is 25.4.